The van der Waals surface area contributed by atoms with Gasteiger partial charge in [-0.25, -0.2) is 0 Å². The van der Waals surface area contributed by atoms with Gasteiger partial charge in [-0.2, -0.15) is 11.3 Å². The zero-order valence-electron chi connectivity index (χ0n) is 7.15. The number of rotatable bonds is 3. The number of thiocarbonyl (C=S) groups is 1. The number of hydrogen-bond donors (Lipinski definition) is 1. The Morgan fingerprint density at radius 2 is 2.33 bits per heavy atom. The van der Waals surface area contributed by atoms with Gasteiger partial charge < -0.3 is 5.73 Å². The Morgan fingerprint density at radius 1 is 1.67 bits per heavy atom. The van der Waals surface area contributed by atoms with Gasteiger partial charge in [0.15, 0.2) is 0 Å². The summed E-state index contributed by atoms with van der Waals surface area (Å²) in [5.74, 6) is 0. The Hall–Kier alpha value is -0.450. The van der Waals surface area contributed by atoms with Crippen molar-refractivity contribution in [2.45, 2.75) is 6.04 Å². The number of thiophene rings is 1. The quantitative estimate of drug-likeness (QED) is 0.752. The maximum atomic E-state index is 5.62. The molecule has 0 radical (unpaired) electrons. The molecule has 1 aromatic rings. The minimum absolute atomic E-state index is 0.0752. The summed E-state index contributed by atoms with van der Waals surface area (Å²) in [7, 11) is 3.95. The molecule has 1 rings (SSSR count). The van der Waals surface area contributed by atoms with E-state index in [1.807, 2.05) is 24.4 Å². The Morgan fingerprint density at radius 3 is 2.67 bits per heavy atom. The van der Waals surface area contributed by atoms with E-state index < -0.39 is 0 Å². The zero-order chi connectivity index (χ0) is 9.14. The van der Waals surface area contributed by atoms with E-state index in [1.54, 1.807) is 11.3 Å². The predicted octanol–water partition coefficient (Wildman–Crippen LogP) is 1.64. The van der Waals surface area contributed by atoms with Crippen LogP contribution in [0.15, 0.2) is 16.8 Å². The van der Waals surface area contributed by atoms with Crippen LogP contribution in [0.1, 0.15) is 11.6 Å². The highest BCUT2D eigenvalue weighted by Gasteiger charge is 2.16. The number of nitrogens with two attached hydrogens (primary N) is 1. The van der Waals surface area contributed by atoms with Crippen molar-refractivity contribution in [2.75, 3.05) is 14.1 Å². The second-order valence-electron chi connectivity index (χ2n) is 2.83. The van der Waals surface area contributed by atoms with Gasteiger partial charge in [-0.1, -0.05) is 12.2 Å². The lowest BCUT2D eigenvalue weighted by molar-refractivity contribution is 0.371. The molecule has 2 N–H and O–H groups in total. The first-order valence-electron chi connectivity index (χ1n) is 3.60. The summed E-state index contributed by atoms with van der Waals surface area (Å²) in [5, 5.41) is 4.11. The van der Waals surface area contributed by atoms with Crippen LogP contribution in [0.5, 0.6) is 0 Å². The maximum Gasteiger partial charge on any atom is 0.0948 e. The van der Waals surface area contributed by atoms with Crippen molar-refractivity contribution in [3.63, 3.8) is 0 Å². The van der Waals surface area contributed by atoms with E-state index in [2.05, 4.69) is 11.4 Å². The topological polar surface area (TPSA) is 29.3 Å². The molecule has 0 saturated heterocycles. The molecule has 0 saturated carbocycles. The van der Waals surface area contributed by atoms with Crippen LogP contribution in [0, 0.1) is 0 Å². The van der Waals surface area contributed by atoms with E-state index in [1.165, 1.54) is 5.56 Å². The fourth-order valence-electron chi connectivity index (χ4n) is 1.15. The summed E-state index contributed by atoms with van der Waals surface area (Å²) in [6, 6.07) is 2.13. The third-order valence-electron chi connectivity index (χ3n) is 1.64. The monoisotopic (exact) mass is 200 g/mol. The van der Waals surface area contributed by atoms with Crippen LogP contribution in [0.4, 0.5) is 0 Å². The summed E-state index contributed by atoms with van der Waals surface area (Å²) in [5.41, 5.74) is 6.80. The van der Waals surface area contributed by atoms with Gasteiger partial charge in [0.2, 0.25) is 0 Å². The van der Waals surface area contributed by atoms with Crippen LogP contribution in [-0.2, 0) is 0 Å². The molecule has 0 aromatic carbocycles. The lowest BCUT2D eigenvalue weighted by Gasteiger charge is -2.21. The molecule has 0 bridgehead atoms. The standard InChI is InChI=1S/C8H12N2S2/c1-10(2)7(8(9)11)6-3-4-12-5-6/h3-5,7H,1-2H3,(H2,9,11). The first-order valence-corrected chi connectivity index (χ1v) is 4.96. The second kappa shape index (κ2) is 3.98. The number of hydrogen-bond acceptors (Lipinski definition) is 3. The zero-order valence-corrected chi connectivity index (χ0v) is 8.78. The molecule has 1 heterocycles. The van der Waals surface area contributed by atoms with Gasteiger partial charge in [0, 0.05) is 0 Å². The van der Waals surface area contributed by atoms with Gasteiger partial charge in [0.25, 0.3) is 0 Å². The molecule has 0 aliphatic carbocycles. The van der Waals surface area contributed by atoms with E-state index in [4.69, 9.17) is 18.0 Å². The van der Waals surface area contributed by atoms with Crippen LogP contribution in [0.25, 0.3) is 0 Å². The molecule has 2 nitrogen and oxygen atoms in total. The normalized spacial score (nSPS) is 13.2. The molecule has 1 aromatic heterocycles. The van der Waals surface area contributed by atoms with Gasteiger partial charge in [-0.05, 0) is 36.5 Å². The lowest BCUT2D eigenvalue weighted by Crippen LogP contribution is -2.31. The smallest absolute Gasteiger partial charge is 0.0948 e. The molecule has 0 fully saturated rings. The average molecular weight is 200 g/mol. The summed E-state index contributed by atoms with van der Waals surface area (Å²) in [6.07, 6.45) is 0. The van der Waals surface area contributed by atoms with Crippen molar-refractivity contribution < 1.29 is 0 Å². The summed E-state index contributed by atoms with van der Waals surface area (Å²) >= 11 is 6.64. The molecule has 1 atom stereocenters. The van der Waals surface area contributed by atoms with Crippen LogP contribution in [0.3, 0.4) is 0 Å². The number of likely N-dealkylation sites (N-methyl/N-ethyl adjacent to an activating group) is 1. The fourth-order valence-corrected chi connectivity index (χ4v) is 2.17. The SMILES string of the molecule is CN(C)C(C(N)=S)c1ccsc1. The fraction of sp³-hybridized carbons (Fsp3) is 0.375. The molecule has 0 spiro atoms. The second-order valence-corrected chi connectivity index (χ2v) is 4.08. The van der Waals surface area contributed by atoms with Crippen LogP contribution in [-0.4, -0.2) is 24.0 Å². The maximum absolute atomic E-state index is 5.62. The van der Waals surface area contributed by atoms with Crippen molar-refractivity contribution in [1.29, 1.82) is 0 Å². The van der Waals surface area contributed by atoms with Crippen LogP contribution in [0.2, 0.25) is 0 Å². The van der Waals surface area contributed by atoms with Crippen molar-refractivity contribution in [1.82, 2.24) is 4.90 Å². The molecule has 0 aliphatic heterocycles. The molecule has 1 unspecified atom stereocenters. The van der Waals surface area contributed by atoms with Gasteiger partial charge in [-0.15, -0.1) is 0 Å². The first-order chi connectivity index (χ1) is 5.63. The molecule has 12 heavy (non-hydrogen) atoms. The lowest BCUT2D eigenvalue weighted by atomic mass is 10.1. The Balaban J connectivity index is 2.88. The van der Waals surface area contributed by atoms with Crippen molar-refractivity contribution in [3.8, 4) is 0 Å². The van der Waals surface area contributed by atoms with Gasteiger partial charge >= 0.3 is 0 Å². The van der Waals surface area contributed by atoms with Gasteiger partial charge in [0.1, 0.15) is 0 Å². The first kappa shape index (κ1) is 9.64. The number of nitrogens with zero attached hydrogens (tertiary/aromatic N) is 1. The third kappa shape index (κ3) is 2.03. The molecular formula is C8H12N2S2. The van der Waals surface area contributed by atoms with Crippen molar-refractivity contribution in [2.24, 2.45) is 5.73 Å². The summed E-state index contributed by atoms with van der Waals surface area (Å²) < 4.78 is 0. The van der Waals surface area contributed by atoms with Gasteiger partial charge in [-0.3, -0.25) is 4.90 Å². The molecule has 4 heteroatoms. The van der Waals surface area contributed by atoms with Gasteiger partial charge in [0.05, 0.1) is 11.0 Å². The van der Waals surface area contributed by atoms with E-state index in [0.29, 0.717) is 4.99 Å². The van der Waals surface area contributed by atoms with E-state index >= 15 is 0 Å². The molecule has 0 amide bonds. The highest BCUT2D eigenvalue weighted by molar-refractivity contribution is 7.80. The van der Waals surface area contributed by atoms with Crippen LogP contribution >= 0.6 is 23.6 Å². The van der Waals surface area contributed by atoms with Crippen molar-refractivity contribution in [3.05, 3.63) is 22.4 Å². The minimum Gasteiger partial charge on any atom is -0.392 e. The Kier molecular flexibility index (Phi) is 3.20. The average Bonchev–Trinajstić information content (AvgIpc) is 2.37. The van der Waals surface area contributed by atoms with E-state index in [9.17, 15) is 0 Å². The highest BCUT2D eigenvalue weighted by atomic mass is 32.1. The third-order valence-corrected chi connectivity index (χ3v) is 2.57. The largest absolute Gasteiger partial charge is 0.392 e. The predicted molar refractivity (Wildman–Crippen MR) is 57.5 cm³/mol. The molecular weight excluding hydrogens is 188 g/mol. The summed E-state index contributed by atoms with van der Waals surface area (Å²) in [6.45, 7) is 0. The highest BCUT2D eigenvalue weighted by Crippen LogP contribution is 2.20. The summed E-state index contributed by atoms with van der Waals surface area (Å²) in [4.78, 5) is 2.54. The molecule has 0 aliphatic rings. The van der Waals surface area contributed by atoms with Crippen LogP contribution < -0.4 is 5.73 Å². The Bertz CT molecular complexity index is 254. The van der Waals surface area contributed by atoms with Crippen molar-refractivity contribution >= 4 is 28.5 Å². The Labute approximate surface area is 82.0 Å². The van der Waals surface area contributed by atoms with E-state index in [-0.39, 0.29) is 6.04 Å². The minimum atomic E-state index is 0.0752. The van der Waals surface area contributed by atoms with E-state index in [0.717, 1.165) is 0 Å². The molecule has 66 valence electrons.